The minimum Gasteiger partial charge on any atom is -0.396 e. The predicted octanol–water partition coefficient (Wildman–Crippen LogP) is 1.54. The van der Waals surface area contributed by atoms with Crippen LogP contribution in [0.25, 0.3) is 0 Å². The number of hydrogen-bond donors (Lipinski definition) is 1. The van der Waals surface area contributed by atoms with Crippen LogP contribution in [0.4, 0.5) is 11.5 Å². The molecule has 0 aromatic carbocycles. The zero-order valence-corrected chi connectivity index (χ0v) is 10.6. The molecule has 18 heavy (non-hydrogen) atoms. The first-order valence-corrected chi connectivity index (χ1v) is 6.26. The molecular formula is C13H18N4O. The number of rotatable bonds is 4. The van der Waals surface area contributed by atoms with Gasteiger partial charge in [0, 0.05) is 25.9 Å². The number of nitriles is 1. The number of ether oxygens (including phenoxy) is 1. The summed E-state index contributed by atoms with van der Waals surface area (Å²) in [4.78, 5) is 6.39. The Kier molecular flexibility index (Phi) is 4.00. The number of likely N-dealkylation sites (N-methyl/N-ethyl adjacent to an activating group) is 1. The lowest BCUT2D eigenvalue weighted by atomic mass is 10.2. The first-order chi connectivity index (χ1) is 8.74. The van der Waals surface area contributed by atoms with Gasteiger partial charge in [-0.2, -0.15) is 5.26 Å². The Balaban J connectivity index is 2.14. The van der Waals surface area contributed by atoms with Gasteiger partial charge >= 0.3 is 0 Å². The molecule has 1 unspecified atom stereocenters. The third-order valence-corrected chi connectivity index (χ3v) is 3.15. The maximum atomic E-state index is 8.80. The van der Waals surface area contributed by atoms with Gasteiger partial charge in [0.05, 0.1) is 17.4 Å². The lowest BCUT2D eigenvalue weighted by Gasteiger charge is -2.26. The fraction of sp³-hybridized carbons (Fsp3) is 0.538. The summed E-state index contributed by atoms with van der Waals surface area (Å²) in [5.41, 5.74) is 6.99. The maximum Gasteiger partial charge on any atom is 0.151 e. The molecule has 1 atom stereocenters. The fourth-order valence-electron chi connectivity index (χ4n) is 2.20. The monoisotopic (exact) mass is 246 g/mol. The molecule has 1 fully saturated rings. The van der Waals surface area contributed by atoms with Gasteiger partial charge in [-0.25, -0.2) is 4.98 Å². The van der Waals surface area contributed by atoms with E-state index in [1.807, 2.05) is 6.07 Å². The molecule has 2 rings (SSSR count). The Morgan fingerprint density at radius 1 is 1.67 bits per heavy atom. The zero-order valence-electron chi connectivity index (χ0n) is 10.6. The molecule has 0 amide bonds. The topological polar surface area (TPSA) is 75.2 Å². The highest BCUT2D eigenvalue weighted by molar-refractivity contribution is 5.64. The van der Waals surface area contributed by atoms with Crippen LogP contribution in [0.5, 0.6) is 0 Å². The summed E-state index contributed by atoms with van der Waals surface area (Å²) in [5, 5.41) is 8.80. The van der Waals surface area contributed by atoms with E-state index < -0.39 is 0 Å². The van der Waals surface area contributed by atoms with E-state index in [1.54, 1.807) is 12.3 Å². The normalized spacial score (nSPS) is 18.6. The zero-order chi connectivity index (χ0) is 13.0. The van der Waals surface area contributed by atoms with Crippen LogP contribution in [0.1, 0.15) is 25.3 Å². The van der Waals surface area contributed by atoms with Crippen LogP contribution in [-0.2, 0) is 4.74 Å². The van der Waals surface area contributed by atoms with E-state index >= 15 is 0 Å². The minimum absolute atomic E-state index is 0.266. The third-order valence-electron chi connectivity index (χ3n) is 3.15. The molecular weight excluding hydrogens is 228 g/mol. The van der Waals surface area contributed by atoms with E-state index in [4.69, 9.17) is 15.7 Å². The van der Waals surface area contributed by atoms with Gasteiger partial charge in [0.25, 0.3) is 0 Å². The molecule has 96 valence electrons. The van der Waals surface area contributed by atoms with Crippen LogP contribution in [-0.4, -0.2) is 30.8 Å². The van der Waals surface area contributed by atoms with Crippen molar-refractivity contribution in [2.24, 2.45) is 0 Å². The van der Waals surface area contributed by atoms with Crippen LogP contribution < -0.4 is 10.6 Å². The molecule has 5 nitrogen and oxygen atoms in total. The van der Waals surface area contributed by atoms with E-state index in [1.165, 1.54) is 0 Å². The summed E-state index contributed by atoms with van der Waals surface area (Å²) in [6.07, 6.45) is 4.04. The van der Waals surface area contributed by atoms with Gasteiger partial charge in [-0.1, -0.05) is 0 Å². The summed E-state index contributed by atoms with van der Waals surface area (Å²) in [7, 11) is 0. The number of nitrogens with two attached hydrogens (primary N) is 1. The maximum absolute atomic E-state index is 8.80. The highest BCUT2D eigenvalue weighted by Crippen LogP contribution is 2.23. The van der Waals surface area contributed by atoms with E-state index in [9.17, 15) is 0 Å². The molecule has 0 aliphatic carbocycles. The second-order valence-corrected chi connectivity index (χ2v) is 4.42. The van der Waals surface area contributed by atoms with E-state index in [0.717, 1.165) is 38.4 Å². The Morgan fingerprint density at radius 3 is 3.06 bits per heavy atom. The van der Waals surface area contributed by atoms with Crippen molar-refractivity contribution in [3.05, 3.63) is 17.8 Å². The van der Waals surface area contributed by atoms with Gasteiger partial charge in [0.15, 0.2) is 5.82 Å². The number of hydrogen-bond acceptors (Lipinski definition) is 5. The minimum atomic E-state index is 0.266. The predicted molar refractivity (Wildman–Crippen MR) is 70.2 cm³/mol. The molecule has 0 radical (unpaired) electrons. The first kappa shape index (κ1) is 12.7. The van der Waals surface area contributed by atoms with Gasteiger partial charge in [0.2, 0.25) is 0 Å². The van der Waals surface area contributed by atoms with Crippen LogP contribution in [0.3, 0.4) is 0 Å². The standard InChI is InChI=1S/C13H18N4O/c1-2-17(9-11-4-3-5-18-11)13-12(15)6-10(7-14)8-16-13/h6,8,11H,2-5,9,15H2,1H3. The number of nitrogen functional groups attached to an aromatic ring is 1. The summed E-state index contributed by atoms with van der Waals surface area (Å²) >= 11 is 0. The van der Waals surface area contributed by atoms with Gasteiger partial charge in [-0.05, 0) is 25.8 Å². The van der Waals surface area contributed by atoms with Crippen molar-refractivity contribution < 1.29 is 4.74 Å². The van der Waals surface area contributed by atoms with Crippen molar-refractivity contribution in [1.82, 2.24) is 4.98 Å². The molecule has 1 aromatic rings. The van der Waals surface area contributed by atoms with E-state index in [2.05, 4.69) is 16.8 Å². The largest absolute Gasteiger partial charge is 0.396 e. The van der Waals surface area contributed by atoms with Gasteiger partial charge in [0.1, 0.15) is 6.07 Å². The Morgan fingerprint density at radius 2 is 2.50 bits per heavy atom. The van der Waals surface area contributed by atoms with Crippen LogP contribution >= 0.6 is 0 Å². The Bertz CT molecular complexity index is 449. The van der Waals surface area contributed by atoms with Crippen LogP contribution in [0, 0.1) is 11.3 Å². The quantitative estimate of drug-likeness (QED) is 0.872. The van der Waals surface area contributed by atoms with Crippen molar-refractivity contribution in [3.8, 4) is 6.07 Å². The van der Waals surface area contributed by atoms with Gasteiger partial charge < -0.3 is 15.4 Å². The van der Waals surface area contributed by atoms with Gasteiger partial charge in [-0.3, -0.25) is 0 Å². The smallest absolute Gasteiger partial charge is 0.151 e. The molecule has 5 heteroatoms. The first-order valence-electron chi connectivity index (χ1n) is 6.26. The lowest BCUT2D eigenvalue weighted by Crippen LogP contribution is -2.33. The molecule has 1 aromatic heterocycles. The van der Waals surface area contributed by atoms with Crippen molar-refractivity contribution in [2.75, 3.05) is 30.3 Å². The molecule has 0 spiro atoms. The van der Waals surface area contributed by atoms with Crippen molar-refractivity contribution in [3.63, 3.8) is 0 Å². The van der Waals surface area contributed by atoms with Crippen LogP contribution in [0.15, 0.2) is 12.3 Å². The molecule has 1 saturated heterocycles. The van der Waals surface area contributed by atoms with Crippen molar-refractivity contribution >= 4 is 11.5 Å². The fourth-order valence-corrected chi connectivity index (χ4v) is 2.20. The Labute approximate surface area is 107 Å². The summed E-state index contributed by atoms with van der Waals surface area (Å²) < 4.78 is 5.63. The highest BCUT2D eigenvalue weighted by atomic mass is 16.5. The lowest BCUT2D eigenvalue weighted by molar-refractivity contribution is 0.115. The van der Waals surface area contributed by atoms with E-state index in [0.29, 0.717) is 11.3 Å². The Hall–Kier alpha value is -1.80. The molecule has 0 bridgehead atoms. The number of pyridine rings is 1. The summed E-state index contributed by atoms with van der Waals surface area (Å²) in [5.74, 6) is 0.743. The average molecular weight is 246 g/mol. The average Bonchev–Trinajstić information content (AvgIpc) is 2.89. The highest BCUT2D eigenvalue weighted by Gasteiger charge is 2.20. The van der Waals surface area contributed by atoms with Gasteiger partial charge in [-0.15, -0.1) is 0 Å². The summed E-state index contributed by atoms with van der Waals surface area (Å²) in [6, 6.07) is 3.71. The number of aromatic nitrogens is 1. The third kappa shape index (κ3) is 2.71. The second kappa shape index (κ2) is 5.69. The molecule has 1 aliphatic heterocycles. The van der Waals surface area contributed by atoms with E-state index in [-0.39, 0.29) is 6.10 Å². The molecule has 2 heterocycles. The SMILES string of the molecule is CCN(CC1CCCO1)c1ncc(C#N)cc1N. The van der Waals surface area contributed by atoms with Crippen LogP contribution in [0.2, 0.25) is 0 Å². The molecule has 1 aliphatic rings. The second-order valence-electron chi connectivity index (χ2n) is 4.42. The molecule has 2 N–H and O–H groups in total. The summed E-state index contributed by atoms with van der Waals surface area (Å²) in [6.45, 7) is 4.54. The number of nitrogens with zero attached hydrogens (tertiary/aromatic N) is 3. The molecule has 0 saturated carbocycles. The number of anilines is 2. The van der Waals surface area contributed by atoms with Crippen molar-refractivity contribution in [2.45, 2.75) is 25.9 Å². The van der Waals surface area contributed by atoms with Crippen molar-refractivity contribution in [1.29, 1.82) is 5.26 Å².